The molecule has 0 saturated heterocycles. The first kappa shape index (κ1) is 28.9. The first-order chi connectivity index (χ1) is 17.1. The standard InChI is InChI=1S/C14H14.2C9H13.C2H6Si.Ti/c1-3-7-13(8-4-1)11-12-14-9-5-2-6-10-14;2*1-6-5-7(2)9(4)8(6)3;1-3-2;/h1-10H,11-12H2;2*6H,1-4H3;1-2H3;. The van der Waals surface area contributed by atoms with Crippen molar-refractivity contribution in [2.75, 3.05) is 0 Å². The molecule has 0 amide bonds. The monoisotopic (exact) mass is 530 g/mol. The van der Waals surface area contributed by atoms with Gasteiger partial charge in [0.25, 0.3) is 0 Å². The third kappa shape index (κ3) is 6.24. The molecule has 190 valence electrons. The fourth-order valence-electron chi connectivity index (χ4n) is 5.80. The van der Waals surface area contributed by atoms with Crippen molar-refractivity contribution in [3.63, 3.8) is 0 Å². The normalized spacial score (nSPS) is 19.7. The molecule has 2 heteroatoms. The molecule has 2 aromatic rings. The molecule has 0 fully saturated rings. The van der Waals surface area contributed by atoms with Crippen molar-refractivity contribution < 1.29 is 16.6 Å². The number of rotatable bonds is 5. The van der Waals surface area contributed by atoms with Gasteiger partial charge < -0.3 is 0 Å². The van der Waals surface area contributed by atoms with Crippen molar-refractivity contribution in [2.24, 2.45) is 11.8 Å². The average Bonchev–Trinajstić information content (AvgIpc) is 3.19. The molecule has 2 aliphatic carbocycles. The maximum absolute atomic E-state index is 2.58. The summed E-state index contributed by atoms with van der Waals surface area (Å²) in [7, 11) is 0. The Bertz CT molecular complexity index is 1160. The third-order valence-electron chi connectivity index (χ3n) is 8.71. The van der Waals surface area contributed by atoms with Crippen molar-refractivity contribution in [1.29, 1.82) is 0 Å². The van der Waals surface area contributed by atoms with E-state index in [-0.39, 0.29) is 6.19 Å². The fraction of sp³-hybridized carbons (Fsp3) is 0.412. The maximum atomic E-state index is 2.58. The topological polar surface area (TPSA) is 0 Å². The summed E-state index contributed by atoms with van der Waals surface area (Å²) in [5.41, 5.74) is 12.6. The second-order valence-electron chi connectivity index (χ2n) is 11.0. The van der Waals surface area contributed by atoms with E-state index in [0.717, 1.165) is 12.8 Å². The van der Waals surface area contributed by atoms with Crippen molar-refractivity contribution in [3.05, 3.63) is 113 Å². The molecule has 36 heavy (non-hydrogen) atoms. The molecule has 4 rings (SSSR count). The van der Waals surface area contributed by atoms with Crippen LogP contribution in [0.3, 0.4) is 0 Å². The Morgan fingerprint density at radius 2 is 0.889 bits per heavy atom. The molecule has 0 aliphatic heterocycles. The molecule has 2 aromatic carbocycles. The Labute approximate surface area is 228 Å². The van der Waals surface area contributed by atoms with Crippen molar-refractivity contribution in [1.82, 2.24) is 0 Å². The molecule has 0 heterocycles. The van der Waals surface area contributed by atoms with Crippen molar-refractivity contribution in [3.8, 4) is 0 Å². The summed E-state index contributed by atoms with van der Waals surface area (Å²) in [6.07, 6.45) is 2.00. The molecule has 0 saturated carbocycles. The van der Waals surface area contributed by atoms with E-state index in [2.05, 4.69) is 129 Å². The minimum atomic E-state index is -1.36. The van der Waals surface area contributed by atoms with Crippen LogP contribution in [0.2, 0.25) is 13.1 Å². The summed E-state index contributed by atoms with van der Waals surface area (Å²) in [5, 5.41) is 0. The Balaban J connectivity index is 0.000000221. The summed E-state index contributed by atoms with van der Waals surface area (Å²) in [6, 6.07) is 21.2. The zero-order valence-electron chi connectivity index (χ0n) is 24.3. The van der Waals surface area contributed by atoms with Crippen LogP contribution in [0.15, 0.2) is 102 Å². The van der Waals surface area contributed by atoms with Crippen molar-refractivity contribution >= 4 is 6.19 Å². The van der Waals surface area contributed by atoms with E-state index in [1.54, 1.807) is 33.4 Å². The Kier molecular flexibility index (Phi) is 10.2. The quantitative estimate of drug-likeness (QED) is 0.338. The molecular formula is C34H46SiTi. The van der Waals surface area contributed by atoms with Gasteiger partial charge in [0.15, 0.2) is 0 Å². The van der Waals surface area contributed by atoms with E-state index >= 15 is 0 Å². The number of benzene rings is 2. The molecular weight excluding hydrogens is 484 g/mol. The second kappa shape index (κ2) is 12.7. The van der Waals surface area contributed by atoms with Gasteiger partial charge >= 0.3 is 144 Å². The van der Waals surface area contributed by atoms with Crippen LogP contribution in [-0.2, 0) is 29.4 Å². The minimum Gasteiger partial charge on any atom is -0.0622 e. The fourth-order valence-corrected chi connectivity index (χ4v) is 19.5. The van der Waals surface area contributed by atoms with Crippen molar-refractivity contribution in [2.45, 2.75) is 81.3 Å². The molecule has 0 nitrogen and oxygen atoms in total. The number of hydrogen-bond acceptors (Lipinski definition) is 0. The molecule has 0 spiro atoms. The summed E-state index contributed by atoms with van der Waals surface area (Å²) in [4.78, 5) is 0. The first-order valence-corrected chi connectivity index (χ1v) is 20.0. The summed E-state index contributed by atoms with van der Waals surface area (Å²) in [5.74, 6) is 1.40. The van der Waals surface area contributed by atoms with Gasteiger partial charge in [-0.05, 0) is 24.0 Å². The molecule has 2 unspecified atom stereocenters. The number of hydrogen-bond donors (Lipinski definition) is 0. The van der Waals surface area contributed by atoms with E-state index < -0.39 is 16.6 Å². The van der Waals surface area contributed by atoms with Crippen LogP contribution >= 0.6 is 0 Å². The molecule has 0 radical (unpaired) electrons. The molecule has 0 bridgehead atoms. The zero-order valence-corrected chi connectivity index (χ0v) is 26.9. The average molecular weight is 531 g/mol. The van der Waals surface area contributed by atoms with Crippen LogP contribution in [0.5, 0.6) is 0 Å². The minimum absolute atomic E-state index is 0.264. The number of aryl methyl sites for hydroxylation is 2. The predicted octanol–water partition coefficient (Wildman–Crippen LogP) is 9.85. The predicted molar refractivity (Wildman–Crippen MR) is 158 cm³/mol. The Morgan fingerprint density at radius 3 is 1.14 bits per heavy atom. The van der Waals surface area contributed by atoms with Crippen LogP contribution in [0.4, 0.5) is 0 Å². The summed E-state index contributed by atoms with van der Waals surface area (Å²) in [6.45, 7) is 24.3. The van der Waals surface area contributed by atoms with E-state index in [1.165, 1.54) is 11.1 Å². The molecule has 2 aliphatic rings. The van der Waals surface area contributed by atoms with Gasteiger partial charge in [-0.25, -0.2) is 0 Å². The SMILES string of the molecule is CC1=C(C)C(C)[C]([Ti]([C]2=C(C)C(C)=C(C)C2C)=[Si](C)C)=C1C.c1ccc(CCc2ccccc2)cc1. The molecule has 0 N–H and O–H groups in total. The van der Waals surface area contributed by atoms with Crippen LogP contribution < -0.4 is 0 Å². The van der Waals surface area contributed by atoms with Gasteiger partial charge in [-0.2, -0.15) is 0 Å². The van der Waals surface area contributed by atoms with E-state index in [4.69, 9.17) is 0 Å². The van der Waals surface area contributed by atoms with Crippen LogP contribution in [-0.4, -0.2) is 6.19 Å². The van der Waals surface area contributed by atoms with Crippen LogP contribution in [0, 0.1) is 11.8 Å². The van der Waals surface area contributed by atoms with Gasteiger partial charge in [-0.15, -0.1) is 0 Å². The van der Waals surface area contributed by atoms with Crippen LogP contribution in [0.25, 0.3) is 0 Å². The Morgan fingerprint density at radius 1 is 0.556 bits per heavy atom. The third-order valence-corrected chi connectivity index (χ3v) is 20.8. The number of allylic oxidation sites excluding steroid dienone is 8. The Hall–Kier alpha value is -1.67. The molecule has 2 atom stereocenters. The van der Waals surface area contributed by atoms with E-state index in [1.807, 2.05) is 7.76 Å². The van der Waals surface area contributed by atoms with Crippen LogP contribution in [0.1, 0.15) is 66.5 Å². The first-order valence-electron chi connectivity index (χ1n) is 13.6. The van der Waals surface area contributed by atoms with Gasteiger partial charge in [0.2, 0.25) is 0 Å². The van der Waals surface area contributed by atoms with E-state index in [0.29, 0.717) is 11.8 Å². The zero-order chi connectivity index (χ0) is 26.6. The van der Waals surface area contributed by atoms with Gasteiger partial charge in [-0.3, -0.25) is 0 Å². The van der Waals surface area contributed by atoms with Gasteiger partial charge in [0.05, 0.1) is 0 Å². The summed E-state index contributed by atoms with van der Waals surface area (Å²) >= 11 is -1.36. The summed E-state index contributed by atoms with van der Waals surface area (Å²) < 4.78 is 3.80. The van der Waals surface area contributed by atoms with E-state index in [9.17, 15) is 0 Å². The van der Waals surface area contributed by atoms with Gasteiger partial charge in [0, 0.05) is 0 Å². The maximum Gasteiger partial charge on any atom is -0.0238 e. The largest absolute Gasteiger partial charge is 0.0622 e. The molecule has 0 aromatic heterocycles. The smallest absolute Gasteiger partial charge is 0.0238 e. The van der Waals surface area contributed by atoms with Gasteiger partial charge in [-0.1, -0.05) is 60.7 Å². The van der Waals surface area contributed by atoms with Gasteiger partial charge in [0.1, 0.15) is 0 Å². The second-order valence-corrected chi connectivity index (χ2v) is 22.6.